The Kier molecular flexibility index (Phi) is 2.82. The first-order valence-corrected chi connectivity index (χ1v) is 7.29. The molecule has 108 valence electrons. The Balaban J connectivity index is 2.04. The molecule has 0 bridgehead atoms. The second-order valence-electron chi connectivity index (χ2n) is 5.38. The van der Waals surface area contributed by atoms with Crippen LogP contribution < -0.4 is 5.56 Å². The lowest BCUT2D eigenvalue weighted by atomic mass is 10.1. The molecule has 0 fully saturated rings. The highest BCUT2D eigenvalue weighted by Gasteiger charge is 2.15. The number of imidazole rings is 1. The molecule has 0 radical (unpaired) electrons. The molecule has 4 heteroatoms. The summed E-state index contributed by atoms with van der Waals surface area (Å²) in [7, 11) is 0. The van der Waals surface area contributed by atoms with Crippen LogP contribution in [0, 0.1) is 0 Å². The lowest BCUT2D eigenvalue weighted by Crippen LogP contribution is -2.25. The van der Waals surface area contributed by atoms with E-state index in [1.54, 1.807) is 16.8 Å². The number of hydrogen-bond acceptors (Lipinski definition) is 2. The number of aromatic nitrogens is 3. The minimum Gasteiger partial charge on any atom is -0.285 e. The fraction of sp³-hybridized carbons (Fsp3) is 0.111. The van der Waals surface area contributed by atoms with Crippen LogP contribution in [0.3, 0.4) is 0 Å². The van der Waals surface area contributed by atoms with Crippen LogP contribution in [0.15, 0.2) is 71.7 Å². The number of fused-ring (bicyclic) bond motifs is 3. The van der Waals surface area contributed by atoms with Crippen molar-refractivity contribution in [3.8, 4) is 0 Å². The minimum atomic E-state index is -0.0748. The van der Waals surface area contributed by atoms with Crippen molar-refractivity contribution in [2.75, 3.05) is 0 Å². The van der Waals surface area contributed by atoms with Crippen molar-refractivity contribution in [2.24, 2.45) is 0 Å². The van der Waals surface area contributed by atoms with Crippen LogP contribution in [0.4, 0.5) is 0 Å². The van der Waals surface area contributed by atoms with E-state index in [9.17, 15) is 4.79 Å². The standard InChI is InChI=1S/C18H15N3O/c1-13(14-7-3-2-4-8-14)21-17(22)11-12-20-16-10-6-5-9-15(16)19-18(20)21/h2-13H,1H3. The van der Waals surface area contributed by atoms with E-state index in [-0.39, 0.29) is 11.6 Å². The summed E-state index contributed by atoms with van der Waals surface area (Å²) >= 11 is 0. The van der Waals surface area contributed by atoms with Crippen molar-refractivity contribution in [2.45, 2.75) is 13.0 Å². The molecule has 0 amide bonds. The van der Waals surface area contributed by atoms with Crippen molar-refractivity contribution in [1.29, 1.82) is 0 Å². The van der Waals surface area contributed by atoms with E-state index in [4.69, 9.17) is 0 Å². The van der Waals surface area contributed by atoms with Crippen molar-refractivity contribution in [3.05, 3.63) is 82.8 Å². The van der Waals surface area contributed by atoms with Crippen molar-refractivity contribution in [1.82, 2.24) is 14.0 Å². The lowest BCUT2D eigenvalue weighted by Gasteiger charge is -2.16. The SMILES string of the molecule is CC(c1ccccc1)n1c(=O)ccn2c3ccccc3nc12. The molecule has 1 atom stereocenters. The van der Waals surface area contributed by atoms with Gasteiger partial charge in [0.1, 0.15) is 0 Å². The number of nitrogens with zero attached hydrogens (tertiary/aromatic N) is 3. The van der Waals surface area contributed by atoms with Crippen molar-refractivity contribution < 1.29 is 0 Å². The van der Waals surface area contributed by atoms with Gasteiger partial charge >= 0.3 is 0 Å². The van der Waals surface area contributed by atoms with Gasteiger partial charge in [-0.3, -0.25) is 13.8 Å². The molecular weight excluding hydrogens is 274 g/mol. The van der Waals surface area contributed by atoms with E-state index < -0.39 is 0 Å². The zero-order valence-electron chi connectivity index (χ0n) is 12.2. The molecule has 0 saturated carbocycles. The normalized spacial score (nSPS) is 12.8. The molecule has 0 N–H and O–H groups in total. The second-order valence-corrected chi connectivity index (χ2v) is 5.38. The van der Waals surface area contributed by atoms with E-state index in [1.165, 1.54) is 0 Å². The molecule has 0 aliphatic rings. The minimum absolute atomic E-state index is 0.0424. The van der Waals surface area contributed by atoms with Gasteiger partial charge in [-0.1, -0.05) is 42.5 Å². The zero-order chi connectivity index (χ0) is 15.1. The van der Waals surface area contributed by atoms with Crippen molar-refractivity contribution in [3.63, 3.8) is 0 Å². The van der Waals surface area contributed by atoms with Crippen LogP contribution in [0.1, 0.15) is 18.5 Å². The fourth-order valence-corrected chi connectivity index (χ4v) is 2.91. The highest BCUT2D eigenvalue weighted by molar-refractivity contribution is 5.79. The van der Waals surface area contributed by atoms with Gasteiger partial charge in [-0.2, -0.15) is 0 Å². The summed E-state index contributed by atoms with van der Waals surface area (Å²) in [5.74, 6) is 0.671. The average Bonchev–Trinajstić information content (AvgIpc) is 2.93. The van der Waals surface area contributed by atoms with Crippen LogP contribution >= 0.6 is 0 Å². The van der Waals surface area contributed by atoms with Gasteiger partial charge in [0.15, 0.2) is 0 Å². The summed E-state index contributed by atoms with van der Waals surface area (Å²) in [5.41, 5.74) is 2.94. The topological polar surface area (TPSA) is 39.3 Å². The molecule has 1 unspecified atom stereocenters. The largest absolute Gasteiger partial charge is 0.285 e. The Labute approximate surface area is 127 Å². The summed E-state index contributed by atoms with van der Waals surface area (Å²) in [6.45, 7) is 2.02. The van der Waals surface area contributed by atoms with Crippen LogP contribution in [0.2, 0.25) is 0 Å². The zero-order valence-corrected chi connectivity index (χ0v) is 12.2. The van der Waals surface area contributed by atoms with Gasteiger partial charge in [0.25, 0.3) is 5.56 Å². The Hall–Kier alpha value is -2.88. The maximum Gasteiger partial charge on any atom is 0.255 e. The maximum absolute atomic E-state index is 12.4. The van der Waals surface area contributed by atoms with Crippen LogP contribution in [-0.2, 0) is 0 Å². The number of para-hydroxylation sites is 2. The number of hydrogen-bond donors (Lipinski definition) is 0. The fourth-order valence-electron chi connectivity index (χ4n) is 2.91. The molecule has 4 aromatic rings. The summed E-state index contributed by atoms with van der Waals surface area (Å²) in [5, 5.41) is 0. The van der Waals surface area contributed by atoms with Crippen LogP contribution in [0.25, 0.3) is 16.8 Å². The molecule has 4 nitrogen and oxygen atoms in total. The summed E-state index contributed by atoms with van der Waals surface area (Å²) in [4.78, 5) is 17.1. The monoisotopic (exact) mass is 289 g/mol. The first-order chi connectivity index (χ1) is 10.8. The lowest BCUT2D eigenvalue weighted by molar-refractivity contribution is 0.620. The van der Waals surface area contributed by atoms with E-state index in [2.05, 4.69) is 4.98 Å². The van der Waals surface area contributed by atoms with E-state index in [0.717, 1.165) is 16.6 Å². The predicted octanol–water partition coefficient (Wildman–Crippen LogP) is 3.26. The first kappa shape index (κ1) is 12.8. The average molecular weight is 289 g/mol. The quantitative estimate of drug-likeness (QED) is 0.568. The predicted molar refractivity (Wildman–Crippen MR) is 87.2 cm³/mol. The third-order valence-electron chi connectivity index (χ3n) is 4.07. The summed E-state index contributed by atoms with van der Waals surface area (Å²) in [6.07, 6.45) is 1.79. The van der Waals surface area contributed by atoms with Gasteiger partial charge < -0.3 is 0 Å². The summed E-state index contributed by atoms with van der Waals surface area (Å²) in [6, 6.07) is 19.4. The van der Waals surface area contributed by atoms with Gasteiger partial charge in [-0.25, -0.2) is 4.98 Å². The molecule has 0 aliphatic carbocycles. The van der Waals surface area contributed by atoms with Crippen molar-refractivity contribution >= 4 is 16.8 Å². The smallest absolute Gasteiger partial charge is 0.255 e. The van der Waals surface area contributed by atoms with Gasteiger partial charge in [0.2, 0.25) is 5.78 Å². The van der Waals surface area contributed by atoms with Gasteiger partial charge in [0.05, 0.1) is 17.1 Å². The molecule has 0 spiro atoms. The Morgan fingerprint density at radius 1 is 0.955 bits per heavy atom. The van der Waals surface area contributed by atoms with Crippen LogP contribution in [0.5, 0.6) is 0 Å². The van der Waals surface area contributed by atoms with Gasteiger partial charge in [0, 0.05) is 12.3 Å². The second kappa shape index (κ2) is 4.84. The van der Waals surface area contributed by atoms with Gasteiger partial charge in [-0.05, 0) is 24.6 Å². The highest BCUT2D eigenvalue weighted by Crippen LogP contribution is 2.21. The van der Waals surface area contributed by atoms with Gasteiger partial charge in [-0.15, -0.1) is 0 Å². The Morgan fingerprint density at radius 3 is 2.50 bits per heavy atom. The summed E-state index contributed by atoms with van der Waals surface area (Å²) < 4.78 is 3.71. The number of rotatable bonds is 2. The Bertz CT molecular complexity index is 1010. The maximum atomic E-state index is 12.4. The number of benzene rings is 2. The molecule has 2 aromatic carbocycles. The molecule has 2 heterocycles. The van der Waals surface area contributed by atoms with E-state index >= 15 is 0 Å². The molecule has 0 saturated heterocycles. The van der Waals surface area contributed by atoms with E-state index in [0.29, 0.717) is 5.78 Å². The molecular formula is C18H15N3O. The van der Waals surface area contributed by atoms with Crippen LogP contribution in [-0.4, -0.2) is 14.0 Å². The first-order valence-electron chi connectivity index (χ1n) is 7.29. The Morgan fingerprint density at radius 2 is 1.68 bits per heavy atom. The third kappa shape index (κ3) is 1.84. The van der Waals surface area contributed by atoms with E-state index in [1.807, 2.05) is 65.9 Å². The molecule has 4 rings (SSSR count). The third-order valence-corrected chi connectivity index (χ3v) is 4.07. The molecule has 22 heavy (non-hydrogen) atoms. The highest BCUT2D eigenvalue weighted by atomic mass is 16.1. The molecule has 2 aromatic heterocycles. The molecule has 0 aliphatic heterocycles.